The lowest BCUT2D eigenvalue weighted by Crippen LogP contribution is -2.30. The molecule has 1 aromatic carbocycles. The van der Waals surface area contributed by atoms with Crippen LogP contribution in [0.4, 0.5) is 4.39 Å². The first-order chi connectivity index (χ1) is 17.3. The molecule has 0 radical (unpaired) electrons. The Hall–Kier alpha value is -4.26. The van der Waals surface area contributed by atoms with Gasteiger partial charge in [0.1, 0.15) is 23.9 Å². The molecule has 0 fully saturated rings. The summed E-state index contributed by atoms with van der Waals surface area (Å²) in [6, 6.07) is 4.50. The fraction of sp³-hybridized carbons (Fsp3) is 0.273. The molecule has 1 aliphatic heterocycles. The number of aromatic nitrogens is 8. The highest BCUT2D eigenvalue weighted by atomic mass is 35.5. The van der Waals surface area contributed by atoms with Crippen LogP contribution in [0.15, 0.2) is 41.6 Å². The van der Waals surface area contributed by atoms with Crippen LogP contribution >= 0.6 is 11.6 Å². The van der Waals surface area contributed by atoms with Gasteiger partial charge in [-0.15, -0.1) is 5.10 Å². The topological polar surface area (TPSA) is 140 Å². The SMILES string of the molecule is CC1CC(C(=O)OCC(=O)c2ccnn2C)n2c1nc(-c1c(-n3cnnn3)ccc(Cl)c1F)cc2=O. The van der Waals surface area contributed by atoms with E-state index in [0.717, 1.165) is 6.07 Å². The van der Waals surface area contributed by atoms with Gasteiger partial charge in [0, 0.05) is 25.2 Å². The van der Waals surface area contributed by atoms with Gasteiger partial charge in [-0.2, -0.15) is 9.78 Å². The molecule has 2 unspecified atom stereocenters. The van der Waals surface area contributed by atoms with Gasteiger partial charge in [0.05, 0.1) is 22.0 Å². The highest BCUT2D eigenvalue weighted by Crippen LogP contribution is 2.37. The number of aryl methyl sites for hydroxylation is 1. The number of Topliss-reactive ketones (excluding diaryl/α,β-unsaturated/α-hetero) is 1. The summed E-state index contributed by atoms with van der Waals surface area (Å²) in [5.41, 5.74) is -0.108. The van der Waals surface area contributed by atoms with Gasteiger partial charge in [-0.3, -0.25) is 18.8 Å². The van der Waals surface area contributed by atoms with Gasteiger partial charge in [-0.05, 0) is 35.0 Å². The van der Waals surface area contributed by atoms with Crippen LogP contribution in [-0.2, 0) is 16.6 Å². The minimum atomic E-state index is -0.980. The molecular weight excluding hydrogens is 495 g/mol. The molecule has 0 spiro atoms. The predicted octanol–water partition coefficient (Wildman–Crippen LogP) is 1.89. The number of fused-ring (bicyclic) bond motifs is 1. The van der Waals surface area contributed by atoms with Crippen molar-refractivity contribution in [3.63, 3.8) is 0 Å². The summed E-state index contributed by atoms with van der Waals surface area (Å²) in [4.78, 5) is 42.8. The van der Waals surface area contributed by atoms with Gasteiger partial charge in [0.15, 0.2) is 12.4 Å². The molecule has 0 N–H and O–H groups in total. The molecule has 0 saturated carbocycles. The molecular formula is C22H18ClFN8O4. The lowest BCUT2D eigenvalue weighted by Gasteiger charge is -2.15. The third kappa shape index (κ3) is 3.96. The molecule has 0 aliphatic carbocycles. The maximum Gasteiger partial charge on any atom is 0.329 e. The molecule has 0 saturated heterocycles. The van der Waals surface area contributed by atoms with Gasteiger partial charge in [0.2, 0.25) is 5.78 Å². The van der Waals surface area contributed by atoms with Crippen molar-refractivity contribution in [2.45, 2.75) is 25.3 Å². The third-order valence-corrected chi connectivity index (χ3v) is 6.25. The molecule has 184 valence electrons. The molecule has 5 rings (SSSR count). The largest absolute Gasteiger partial charge is 0.456 e. The molecule has 4 aromatic rings. The number of hydrogen-bond acceptors (Lipinski definition) is 9. The molecule has 1 aliphatic rings. The normalized spacial score (nSPS) is 16.7. The zero-order valence-corrected chi connectivity index (χ0v) is 19.8. The Balaban J connectivity index is 1.48. The van der Waals surface area contributed by atoms with Gasteiger partial charge in [-0.1, -0.05) is 18.5 Å². The van der Waals surface area contributed by atoms with Crippen LogP contribution in [0.25, 0.3) is 16.9 Å². The number of ketones is 1. The molecule has 2 atom stereocenters. The summed E-state index contributed by atoms with van der Waals surface area (Å²) in [7, 11) is 1.60. The van der Waals surface area contributed by atoms with Crippen LogP contribution in [0, 0.1) is 5.82 Å². The Kier molecular flexibility index (Phi) is 5.92. The maximum absolute atomic E-state index is 15.2. The van der Waals surface area contributed by atoms with E-state index in [4.69, 9.17) is 16.3 Å². The van der Waals surface area contributed by atoms with Crippen molar-refractivity contribution in [2.75, 3.05) is 6.61 Å². The van der Waals surface area contributed by atoms with Crippen molar-refractivity contribution < 1.29 is 18.7 Å². The van der Waals surface area contributed by atoms with Crippen LogP contribution in [0.2, 0.25) is 5.02 Å². The van der Waals surface area contributed by atoms with E-state index in [1.165, 1.54) is 44.7 Å². The Bertz CT molecular complexity index is 1550. The van der Waals surface area contributed by atoms with E-state index in [2.05, 4.69) is 25.6 Å². The van der Waals surface area contributed by atoms with E-state index in [-0.39, 0.29) is 45.8 Å². The summed E-state index contributed by atoms with van der Waals surface area (Å²) < 4.78 is 24.2. The Morgan fingerprint density at radius 2 is 2.08 bits per heavy atom. The van der Waals surface area contributed by atoms with Crippen molar-refractivity contribution in [1.29, 1.82) is 0 Å². The minimum absolute atomic E-state index is 0.0176. The Morgan fingerprint density at radius 3 is 2.78 bits per heavy atom. The van der Waals surface area contributed by atoms with Gasteiger partial charge in [0.25, 0.3) is 5.56 Å². The summed E-state index contributed by atoms with van der Waals surface area (Å²) >= 11 is 6.01. The number of nitrogens with zero attached hydrogens (tertiary/aromatic N) is 8. The van der Waals surface area contributed by atoms with Gasteiger partial charge >= 0.3 is 5.97 Å². The average Bonchev–Trinajstić information content (AvgIpc) is 3.60. The smallest absolute Gasteiger partial charge is 0.329 e. The minimum Gasteiger partial charge on any atom is -0.456 e. The summed E-state index contributed by atoms with van der Waals surface area (Å²) in [5, 5.41) is 14.7. The van der Waals surface area contributed by atoms with Crippen molar-refractivity contribution in [1.82, 2.24) is 39.5 Å². The number of tetrazole rings is 1. The Morgan fingerprint density at radius 1 is 1.28 bits per heavy atom. The molecule has 4 heterocycles. The highest BCUT2D eigenvalue weighted by Gasteiger charge is 2.37. The van der Waals surface area contributed by atoms with E-state index in [1.807, 2.05) is 0 Å². The summed E-state index contributed by atoms with van der Waals surface area (Å²) in [5.74, 6) is -2.02. The number of esters is 1. The van der Waals surface area contributed by atoms with E-state index < -0.39 is 35.8 Å². The number of carbonyl (C=O) groups is 2. The second kappa shape index (κ2) is 9.07. The number of benzene rings is 1. The molecule has 14 heteroatoms. The van der Waals surface area contributed by atoms with Crippen molar-refractivity contribution in [2.24, 2.45) is 7.05 Å². The molecule has 0 amide bonds. The van der Waals surface area contributed by atoms with Crippen LogP contribution < -0.4 is 5.56 Å². The zero-order valence-electron chi connectivity index (χ0n) is 19.0. The maximum atomic E-state index is 15.2. The van der Waals surface area contributed by atoms with Crippen molar-refractivity contribution >= 4 is 23.4 Å². The fourth-order valence-electron chi connectivity index (χ4n) is 4.25. The number of halogens is 2. The first-order valence-corrected chi connectivity index (χ1v) is 11.2. The van der Waals surface area contributed by atoms with E-state index in [9.17, 15) is 14.4 Å². The van der Waals surface area contributed by atoms with Crippen molar-refractivity contribution in [3.8, 4) is 16.9 Å². The third-order valence-electron chi connectivity index (χ3n) is 5.96. The zero-order chi connectivity index (χ0) is 25.6. The van der Waals surface area contributed by atoms with Crippen LogP contribution in [0.5, 0.6) is 0 Å². The van der Waals surface area contributed by atoms with E-state index in [1.54, 1.807) is 14.0 Å². The fourth-order valence-corrected chi connectivity index (χ4v) is 4.40. The van der Waals surface area contributed by atoms with E-state index >= 15 is 4.39 Å². The second-order valence-electron chi connectivity index (χ2n) is 8.24. The quantitative estimate of drug-likeness (QED) is 0.280. The summed E-state index contributed by atoms with van der Waals surface area (Å²) in [6.45, 7) is 1.29. The second-order valence-corrected chi connectivity index (χ2v) is 8.65. The van der Waals surface area contributed by atoms with Crippen molar-refractivity contribution in [3.05, 3.63) is 69.5 Å². The first kappa shape index (κ1) is 23.5. The Labute approximate surface area is 207 Å². The standard InChI is InChI=1S/C22H18ClFN8O4/c1-11-7-16(22(35)36-9-17(33)14-5-6-26-30(14)2)32-18(34)8-13(27-21(11)32)19-15(31-10-25-28-29-31)4-3-12(23)20(19)24/h3-6,8,10-11,16H,7,9H2,1-2H3. The van der Waals surface area contributed by atoms with Gasteiger partial charge < -0.3 is 4.74 Å². The molecule has 0 bridgehead atoms. The number of hydrogen-bond donors (Lipinski definition) is 0. The van der Waals surface area contributed by atoms with Gasteiger partial charge in [-0.25, -0.2) is 14.2 Å². The number of rotatable bonds is 6. The van der Waals surface area contributed by atoms with Crippen LogP contribution in [0.3, 0.4) is 0 Å². The lowest BCUT2D eigenvalue weighted by molar-refractivity contribution is -0.146. The lowest BCUT2D eigenvalue weighted by atomic mass is 10.1. The average molecular weight is 513 g/mol. The molecule has 3 aromatic heterocycles. The van der Waals surface area contributed by atoms with Crippen LogP contribution in [0.1, 0.15) is 41.6 Å². The number of carbonyl (C=O) groups excluding carboxylic acids is 2. The monoisotopic (exact) mass is 512 g/mol. The number of ether oxygens (including phenoxy) is 1. The predicted molar refractivity (Wildman–Crippen MR) is 122 cm³/mol. The molecule has 12 nitrogen and oxygen atoms in total. The van der Waals surface area contributed by atoms with E-state index in [0.29, 0.717) is 0 Å². The van der Waals surface area contributed by atoms with Crippen LogP contribution in [-0.4, -0.2) is 57.9 Å². The highest BCUT2D eigenvalue weighted by molar-refractivity contribution is 6.31. The molecule has 36 heavy (non-hydrogen) atoms. The summed E-state index contributed by atoms with van der Waals surface area (Å²) in [6.07, 6.45) is 2.95. The first-order valence-electron chi connectivity index (χ1n) is 10.8.